The molecule has 3 heteroatoms. The Labute approximate surface area is 66.9 Å². The Hall–Kier alpha value is -0.778. The van der Waals surface area contributed by atoms with Crippen LogP contribution in [-0.2, 0) is 0 Å². The topological polar surface area (TPSA) is 37.3 Å². The van der Waals surface area contributed by atoms with Gasteiger partial charge in [0.15, 0.2) is 0 Å². The van der Waals surface area contributed by atoms with Crippen LogP contribution in [0.4, 0.5) is 0 Å². The van der Waals surface area contributed by atoms with Crippen LogP contribution < -0.4 is 4.43 Å². The average Bonchev–Trinajstić information content (AvgIpc) is 1.88. The predicted molar refractivity (Wildman–Crippen MR) is 38.8 cm³/mol. The molecule has 0 atom stereocenters. The fraction of sp³-hybridized carbons (Fsp3) is 0. The average molecular weight is 148 g/mol. The molecule has 1 rings (SSSR count). The third-order valence-electron chi connectivity index (χ3n) is 1.16. The van der Waals surface area contributed by atoms with Crippen molar-refractivity contribution in [2.24, 2.45) is 0 Å². The van der Waals surface area contributed by atoms with Crippen molar-refractivity contribution < 1.29 is 9.90 Å². The van der Waals surface area contributed by atoms with Crippen molar-refractivity contribution >= 4 is 26.7 Å². The molecule has 0 saturated heterocycles. The van der Waals surface area contributed by atoms with Gasteiger partial charge in [-0.05, 0) is 0 Å². The molecule has 0 heterocycles. The van der Waals surface area contributed by atoms with Crippen LogP contribution in [0, 0.1) is 0 Å². The normalized spacial score (nSPS) is 9.40. The Bertz CT molecular complexity index is 240. The molecule has 0 bridgehead atoms. The third kappa shape index (κ3) is 1.60. The summed E-state index contributed by atoms with van der Waals surface area (Å²) in [5.41, 5.74) is 0.325. The first kappa shape index (κ1) is 7.33. The molecule has 0 fully saturated rings. The van der Waals surface area contributed by atoms with Crippen LogP contribution in [-0.4, -0.2) is 27.4 Å². The number of hydrogen-bond acceptors (Lipinski definition) is 1. The van der Waals surface area contributed by atoms with Crippen molar-refractivity contribution in [2.45, 2.75) is 0 Å². The first-order valence-corrected chi connectivity index (χ1v) is 3.37. The molecule has 1 aromatic rings. The van der Waals surface area contributed by atoms with Crippen LogP contribution in [0.2, 0.25) is 0 Å². The molecule has 1 aromatic carbocycles. The molecule has 0 unspecified atom stereocenters. The van der Waals surface area contributed by atoms with Gasteiger partial charge < -0.3 is 0 Å². The summed E-state index contributed by atoms with van der Waals surface area (Å²) in [5, 5.41) is 8.47. The van der Waals surface area contributed by atoms with E-state index in [0.717, 1.165) is 4.43 Å². The quantitative estimate of drug-likeness (QED) is 0.577. The number of carboxylic acid groups (broad SMARTS) is 1. The molecule has 0 spiro atoms. The van der Waals surface area contributed by atoms with Gasteiger partial charge in [-0.15, -0.1) is 0 Å². The minimum absolute atomic E-state index is 0.325. The van der Waals surface area contributed by atoms with E-state index in [4.69, 9.17) is 5.11 Å². The first-order chi connectivity index (χ1) is 4.70. The molecular formula is C7H5AlO2+2. The predicted octanol–water partition coefficient (Wildman–Crippen LogP) is 0.179. The fourth-order valence-electron chi connectivity index (χ4n) is 0.626. The Morgan fingerprint density at radius 3 is 2.20 bits per heavy atom. The summed E-state index contributed by atoms with van der Waals surface area (Å²) in [6.07, 6.45) is 0. The van der Waals surface area contributed by atoms with Gasteiger partial charge in [-0.1, -0.05) is 0 Å². The van der Waals surface area contributed by atoms with Gasteiger partial charge in [0.2, 0.25) is 0 Å². The van der Waals surface area contributed by atoms with E-state index in [-0.39, 0.29) is 0 Å². The molecular weight excluding hydrogens is 143 g/mol. The molecule has 0 aliphatic heterocycles. The van der Waals surface area contributed by atoms with E-state index in [2.05, 4.69) is 16.3 Å². The van der Waals surface area contributed by atoms with Gasteiger partial charge in [0.25, 0.3) is 0 Å². The summed E-state index contributed by atoms with van der Waals surface area (Å²) in [4.78, 5) is 10.3. The van der Waals surface area contributed by atoms with Crippen molar-refractivity contribution in [1.29, 1.82) is 0 Å². The van der Waals surface area contributed by atoms with E-state index < -0.39 is 5.97 Å². The second-order valence-corrected chi connectivity index (χ2v) is 2.59. The molecule has 0 saturated carbocycles. The molecule has 10 heavy (non-hydrogen) atoms. The second kappa shape index (κ2) is 2.87. The number of carboxylic acids is 1. The fourth-order valence-corrected chi connectivity index (χ4v) is 0.818. The number of carbonyl (C=O) groups is 1. The summed E-state index contributed by atoms with van der Waals surface area (Å²) >= 11 is 2.49. The maximum atomic E-state index is 10.3. The van der Waals surface area contributed by atoms with E-state index in [1.165, 1.54) is 0 Å². The number of rotatable bonds is 1. The second-order valence-electron chi connectivity index (χ2n) is 1.93. The summed E-state index contributed by atoms with van der Waals surface area (Å²) < 4.78 is 0.991. The van der Waals surface area contributed by atoms with Gasteiger partial charge in [0, 0.05) is 0 Å². The standard InChI is InChI=1S/C7H5O2.Al/c8-7(9)6-4-2-1-3-5-6;/h2-5H,(H,8,9);/q;+2. The zero-order valence-electron chi connectivity index (χ0n) is 5.24. The first-order valence-electron chi connectivity index (χ1n) is 2.79. The molecule has 2 nitrogen and oxygen atoms in total. The van der Waals surface area contributed by atoms with Gasteiger partial charge in [-0.2, -0.15) is 0 Å². The van der Waals surface area contributed by atoms with Crippen LogP contribution in [0.1, 0.15) is 10.4 Å². The Kier molecular flexibility index (Phi) is 2.10. The van der Waals surface area contributed by atoms with Crippen LogP contribution in [0.25, 0.3) is 0 Å². The van der Waals surface area contributed by atoms with Crippen LogP contribution in [0.3, 0.4) is 0 Å². The zero-order valence-corrected chi connectivity index (χ0v) is 6.40. The van der Waals surface area contributed by atoms with E-state index in [1.807, 2.05) is 0 Å². The van der Waals surface area contributed by atoms with E-state index in [1.54, 1.807) is 24.3 Å². The maximum absolute atomic E-state index is 10.3. The number of hydrogen-bond donors (Lipinski definition) is 1. The SMILES string of the molecule is O=C(O)c1cc[c]([Al+2])cc1. The zero-order chi connectivity index (χ0) is 7.56. The molecule has 0 aliphatic carbocycles. The van der Waals surface area contributed by atoms with Gasteiger partial charge in [-0.25, -0.2) is 0 Å². The molecule has 1 N–H and O–H groups in total. The summed E-state index contributed by atoms with van der Waals surface area (Å²) in [7, 11) is 0. The molecule has 46 valence electrons. The van der Waals surface area contributed by atoms with Crippen molar-refractivity contribution in [3.05, 3.63) is 29.8 Å². The molecule has 0 aliphatic rings. The van der Waals surface area contributed by atoms with E-state index in [9.17, 15) is 4.79 Å². The number of benzene rings is 1. The molecule has 0 radical (unpaired) electrons. The van der Waals surface area contributed by atoms with E-state index >= 15 is 0 Å². The van der Waals surface area contributed by atoms with Crippen molar-refractivity contribution in [1.82, 2.24) is 0 Å². The van der Waals surface area contributed by atoms with Gasteiger partial charge >= 0.3 is 66.4 Å². The summed E-state index contributed by atoms with van der Waals surface area (Å²) in [6.45, 7) is 0. The summed E-state index contributed by atoms with van der Waals surface area (Å²) in [6, 6.07) is 6.64. The molecule has 0 aromatic heterocycles. The van der Waals surface area contributed by atoms with Crippen LogP contribution in [0.15, 0.2) is 24.3 Å². The van der Waals surface area contributed by atoms with Crippen molar-refractivity contribution in [2.75, 3.05) is 0 Å². The summed E-state index contributed by atoms with van der Waals surface area (Å²) in [5.74, 6) is -0.884. The van der Waals surface area contributed by atoms with Gasteiger partial charge in [0.05, 0.1) is 0 Å². The van der Waals surface area contributed by atoms with Crippen LogP contribution >= 0.6 is 0 Å². The van der Waals surface area contributed by atoms with E-state index in [0.29, 0.717) is 5.56 Å². The Balaban J connectivity index is 3.00. The third-order valence-corrected chi connectivity index (χ3v) is 1.54. The molecule has 0 amide bonds. The van der Waals surface area contributed by atoms with Crippen LogP contribution in [0.5, 0.6) is 0 Å². The Morgan fingerprint density at radius 2 is 1.80 bits per heavy atom. The van der Waals surface area contributed by atoms with Crippen molar-refractivity contribution in [3.8, 4) is 0 Å². The van der Waals surface area contributed by atoms with Crippen molar-refractivity contribution in [3.63, 3.8) is 0 Å². The minimum atomic E-state index is -0.884. The van der Waals surface area contributed by atoms with Gasteiger partial charge in [-0.3, -0.25) is 0 Å². The Morgan fingerprint density at radius 1 is 1.30 bits per heavy atom. The number of aromatic carboxylic acids is 1. The monoisotopic (exact) mass is 148 g/mol. The van der Waals surface area contributed by atoms with Gasteiger partial charge in [0.1, 0.15) is 0 Å².